The molecule has 1 atom stereocenters. The number of benzene rings is 2. The molecule has 2 aromatic carbocycles. The van der Waals surface area contributed by atoms with Gasteiger partial charge >= 0.3 is 6.18 Å². The molecule has 1 aliphatic heterocycles. The topological polar surface area (TPSA) is 38.8 Å². The van der Waals surface area contributed by atoms with Gasteiger partial charge in [-0.1, -0.05) is 12.1 Å². The molecule has 2 aliphatic rings. The highest BCUT2D eigenvalue weighted by Gasteiger charge is 2.40. The maximum Gasteiger partial charge on any atom is 0.420 e. The Kier molecular flexibility index (Phi) is 4.25. The van der Waals surface area contributed by atoms with E-state index in [4.69, 9.17) is 9.47 Å². The lowest BCUT2D eigenvalue weighted by molar-refractivity contribution is -0.139. The molecular weight excluding hydrogens is 359 g/mol. The number of fused-ring (bicyclic) bond motifs is 2. The first-order chi connectivity index (χ1) is 12.9. The van der Waals surface area contributed by atoms with Gasteiger partial charge in [-0.15, -0.1) is 0 Å². The maximum atomic E-state index is 13.3. The summed E-state index contributed by atoms with van der Waals surface area (Å²) in [5, 5.41) is 0. The fourth-order valence-corrected chi connectivity index (χ4v) is 3.85. The van der Waals surface area contributed by atoms with Crippen molar-refractivity contribution >= 4 is 11.6 Å². The van der Waals surface area contributed by atoms with Crippen molar-refractivity contribution < 1.29 is 27.4 Å². The van der Waals surface area contributed by atoms with E-state index in [9.17, 15) is 18.0 Å². The molecule has 142 valence electrons. The van der Waals surface area contributed by atoms with Crippen molar-refractivity contribution in [3.8, 4) is 11.5 Å². The van der Waals surface area contributed by atoms with Crippen molar-refractivity contribution in [2.75, 3.05) is 25.2 Å². The van der Waals surface area contributed by atoms with Crippen LogP contribution in [-0.4, -0.2) is 26.2 Å². The molecule has 7 heteroatoms. The number of ether oxygens (including phenoxy) is 2. The highest BCUT2D eigenvalue weighted by atomic mass is 19.4. The number of amides is 1. The molecule has 1 unspecified atom stereocenters. The van der Waals surface area contributed by atoms with Crippen LogP contribution in [0, 0.1) is 0 Å². The summed E-state index contributed by atoms with van der Waals surface area (Å²) < 4.78 is 50.4. The second-order valence-corrected chi connectivity index (χ2v) is 6.65. The van der Waals surface area contributed by atoms with Crippen LogP contribution < -0.4 is 14.4 Å². The molecule has 27 heavy (non-hydrogen) atoms. The quantitative estimate of drug-likeness (QED) is 0.789. The van der Waals surface area contributed by atoms with Gasteiger partial charge in [-0.25, -0.2) is 0 Å². The number of hydrogen-bond acceptors (Lipinski definition) is 3. The summed E-state index contributed by atoms with van der Waals surface area (Å²) in [7, 11) is 1.56. The lowest BCUT2D eigenvalue weighted by Gasteiger charge is -2.33. The van der Waals surface area contributed by atoms with Crippen LogP contribution in [0.3, 0.4) is 0 Å². The molecule has 2 aromatic rings. The zero-order valence-corrected chi connectivity index (χ0v) is 14.7. The molecule has 0 radical (unpaired) electrons. The molecule has 0 fully saturated rings. The Morgan fingerprint density at radius 3 is 2.81 bits per heavy atom. The summed E-state index contributed by atoms with van der Waals surface area (Å²) in [5.41, 5.74) is 1.29. The summed E-state index contributed by atoms with van der Waals surface area (Å²) in [5.74, 6) is -0.204. The van der Waals surface area contributed by atoms with Crippen molar-refractivity contribution in [2.24, 2.45) is 0 Å². The Hall–Kier alpha value is -2.70. The van der Waals surface area contributed by atoms with Crippen LogP contribution in [0.5, 0.6) is 11.5 Å². The van der Waals surface area contributed by atoms with Crippen molar-refractivity contribution in [3.05, 3.63) is 53.1 Å². The fraction of sp³-hybridized carbons (Fsp3) is 0.350. The Labute approximate surface area is 154 Å². The molecule has 1 amide bonds. The third kappa shape index (κ3) is 3.01. The van der Waals surface area contributed by atoms with E-state index in [0.29, 0.717) is 12.2 Å². The molecule has 1 aliphatic carbocycles. The predicted molar refractivity (Wildman–Crippen MR) is 93.3 cm³/mol. The number of nitrogens with zero attached hydrogens (tertiary/aromatic N) is 1. The minimum Gasteiger partial charge on any atom is -0.497 e. The van der Waals surface area contributed by atoms with Crippen molar-refractivity contribution in [2.45, 2.75) is 24.9 Å². The summed E-state index contributed by atoms with van der Waals surface area (Å²) >= 11 is 0. The van der Waals surface area contributed by atoms with Crippen LogP contribution >= 0.6 is 0 Å². The zero-order chi connectivity index (χ0) is 19.2. The molecule has 0 spiro atoms. The summed E-state index contributed by atoms with van der Waals surface area (Å²) in [4.78, 5) is 14.7. The van der Waals surface area contributed by atoms with Gasteiger partial charge in [0.1, 0.15) is 12.4 Å². The van der Waals surface area contributed by atoms with Crippen LogP contribution in [0.25, 0.3) is 0 Å². The van der Waals surface area contributed by atoms with Crippen molar-refractivity contribution in [1.29, 1.82) is 0 Å². The minimum atomic E-state index is -4.54. The Balaban J connectivity index is 1.71. The van der Waals surface area contributed by atoms with Crippen LogP contribution in [0.4, 0.5) is 18.9 Å². The van der Waals surface area contributed by atoms with Gasteiger partial charge in [-0.2, -0.15) is 13.2 Å². The number of aryl methyl sites for hydroxylation is 1. The number of halogens is 3. The Bertz CT molecular complexity index is 895. The first-order valence-corrected chi connectivity index (χ1v) is 8.71. The van der Waals surface area contributed by atoms with Gasteiger partial charge in [0.2, 0.25) is 5.91 Å². The SMILES string of the molecule is COc1ccc2c(c1)C(C(=O)N1CCOc3c1cccc3C(F)(F)F)CC2. The van der Waals surface area contributed by atoms with Gasteiger partial charge < -0.3 is 14.4 Å². The number of alkyl halides is 3. The van der Waals surface area contributed by atoms with E-state index >= 15 is 0 Å². The second kappa shape index (κ2) is 6.48. The van der Waals surface area contributed by atoms with Gasteiger partial charge in [-0.05, 0) is 48.2 Å². The lowest BCUT2D eigenvalue weighted by Crippen LogP contribution is -2.41. The Morgan fingerprint density at radius 2 is 2.07 bits per heavy atom. The zero-order valence-electron chi connectivity index (χ0n) is 14.7. The van der Waals surface area contributed by atoms with E-state index in [1.165, 1.54) is 17.0 Å². The van der Waals surface area contributed by atoms with Crippen LogP contribution in [0.15, 0.2) is 36.4 Å². The molecule has 0 N–H and O–H groups in total. The average molecular weight is 377 g/mol. The molecule has 1 heterocycles. The fourth-order valence-electron chi connectivity index (χ4n) is 3.85. The number of anilines is 1. The molecule has 0 saturated carbocycles. The number of hydrogen-bond donors (Lipinski definition) is 0. The van der Waals surface area contributed by atoms with Crippen molar-refractivity contribution in [3.63, 3.8) is 0 Å². The third-order valence-electron chi connectivity index (χ3n) is 5.15. The summed E-state index contributed by atoms with van der Waals surface area (Å²) in [6, 6.07) is 9.42. The van der Waals surface area contributed by atoms with E-state index in [0.717, 1.165) is 23.6 Å². The molecule has 0 saturated heterocycles. The molecule has 4 rings (SSSR count). The van der Waals surface area contributed by atoms with Crippen LogP contribution in [-0.2, 0) is 17.4 Å². The highest BCUT2D eigenvalue weighted by molar-refractivity contribution is 6.00. The standard InChI is InChI=1S/C20H18F3NO3/c1-26-13-7-5-12-6-8-14(15(12)11-13)19(25)24-9-10-27-18-16(20(21,22)23)3-2-4-17(18)24/h2-5,7,11,14H,6,8-10H2,1H3. The molecule has 4 nitrogen and oxygen atoms in total. The summed E-state index contributed by atoms with van der Waals surface area (Å²) in [6.45, 7) is 0.256. The maximum absolute atomic E-state index is 13.3. The molecule has 0 bridgehead atoms. The van der Waals surface area contributed by atoms with Crippen molar-refractivity contribution in [1.82, 2.24) is 0 Å². The number of rotatable bonds is 2. The van der Waals surface area contributed by atoms with E-state index in [-0.39, 0.29) is 30.5 Å². The van der Waals surface area contributed by atoms with Crippen LogP contribution in [0.2, 0.25) is 0 Å². The van der Waals surface area contributed by atoms with Crippen LogP contribution in [0.1, 0.15) is 29.0 Å². The smallest absolute Gasteiger partial charge is 0.420 e. The first kappa shape index (κ1) is 17.7. The third-order valence-corrected chi connectivity index (χ3v) is 5.15. The largest absolute Gasteiger partial charge is 0.497 e. The Morgan fingerprint density at radius 1 is 1.26 bits per heavy atom. The van der Waals surface area contributed by atoms with E-state index in [1.807, 2.05) is 18.2 Å². The van der Waals surface area contributed by atoms with Gasteiger partial charge in [-0.3, -0.25) is 4.79 Å². The minimum absolute atomic E-state index is 0.0313. The normalized spacial score (nSPS) is 18.5. The average Bonchev–Trinajstić information content (AvgIpc) is 3.08. The second-order valence-electron chi connectivity index (χ2n) is 6.65. The predicted octanol–water partition coefficient (Wildman–Crippen LogP) is 4.17. The number of methoxy groups -OCH3 is 1. The van der Waals surface area contributed by atoms with Gasteiger partial charge in [0.25, 0.3) is 0 Å². The monoisotopic (exact) mass is 377 g/mol. The highest BCUT2D eigenvalue weighted by Crippen LogP contribution is 2.45. The first-order valence-electron chi connectivity index (χ1n) is 8.71. The van der Waals surface area contributed by atoms with Gasteiger partial charge in [0.05, 0.1) is 30.8 Å². The van der Waals surface area contributed by atoms with Gasteiger partial charge in [0, 0.05) is 0 Å². The lowest BCUT2D eigenvalue weighted by atomic mass is 9.98. The van der Waals surface area contributed by atoms with E-state index in [2.05, 4.69) is 0 Å². The summed E-state index contributed by atoms with van der Waals surface area (Å²) in [6.07, 6.45) is -3.15. The molecular formula is C20H18F3NO3. The number of carbonyl (C=O) groups excluding carboxylic acids is 1. The number of para-hydroxylation sites is 1. The van der Waals surface area contributed by atoms with E-state index in [1.54, 1.807) is 7.11 Å². The van der Waals surface area contributed by atoms with Gasteiger partial charge in [0.15, 0.2) is 5.75 Å². The molecule has 0 aromatic heterocycles. The number of carbonyl (C=O) groups is 1. The van der Waals surface area contributed by atoms with E-state index < -0.39 is 17.7 Å².